The lowest BCUT2D eigenvalue weighted by atomic mass is 10.2. The van der Waals surface area contributed by atoms with Crippen molar-refractivity contribution in [1.29, 1.82) is 0 Å². The maximum atomic E-state index is 13.3. The van der Waals surface area contributed by atoms with E-state index in [9.17, 15) is 9.18 Å². The number of thiophene rings is 1. The second-order valence-electron chi connectivity index (χ2n) is 6.75. The van der Waals surface area contributed by atoms with Gasteiger partial charge >= 0.3 is 5.97 Å². The Morgan fingerprint density at radius 3 is 2.71 bits per heavy atom. The van der Waals surface area contributed by atoms with Crippen molar-refractivity contribution >= 4 is 39.0 Å². The van der Waals surface area contributed by atoms with Crippen molar-refractivity contribution < 1.29 is 18.7 Å². The molecule has 0 aliphatic carbocycles. The minimum absolute atomic E-state index is 0.280. The smallest absolute Gasteiger partial charge is 0.348 e. The van der Waals surface area contributed by atoms with Gasteiger partial charge in [0.2, 0.25) is 0 Å². The number of nitrogens with zero attached hydrogens (tertiary/aromatic N) is 2. The number of esters is 1. The second-order valence-corrected chi connectivity index (χ2v) is 7.75. The molecule has 0 unspecified atom stereocenters. The normalized spacial score (nSPS) is 10.8. The van der Waals surface area contributed by atoms with Gasteiger partial charge in [-0.15, -0.1) is 11.3 Å². The molecule has 4 rings (SSSR count). The summed E-state index contributed by atoms with van der Waals surface area (Å²) in [4.78, 5) is 22.1. The number of benzene rings is 2. The third kappa shape index (κ3) is 4.64. The highest BCUT2D eigenvalue weighted by Gasteiger charge is 2.20. The molecule has 0 bridgehead atoms. The zero-order valence-electron chi connectivity index (χ0n) is 17.0. The van der Waals surface area contributed by atoms with Crippen molar-refractivity contribution in [2.45, 2.75) is 20.5 Å². The summed E-state index contributed by atoms with van der Waals surface area (Å²) in [6.45, 7) is 4.24. The standard InChI is InChI=1S/C23H20FN3O3S/c1-3-29-23(28)20-14(2)19-21(25-13-26-22(19)31-20)27-17-7-9-18(10-8-17)30-12-15-5-4-6-16(24)11-15/h4-11,13H,3,12H2,1-2H3,(H,25,26,27). The molecule has 0 fully saturated rings. The van der Waals surface area contributed by atoms with Gasteiger partial charge < -0.3 is 14.8 Å². The van der Waals surface area contributed by atoms with Crippen LogP contribution in [-0.2, 0) is 11.3 Å². The van der Waals surface area contributed by atoms with Gasteiger partial charge in [-0.3, -0.25) is 0 Å². The molecule has 0 atom stereocenters. The molecule has 2 aromatic carbocycles. The second kappa shape index (κ2) is 9.09. The molecule has 158 valence electrons. The average molecular weight is 437 g/mol. The quantitative estimate of drug-likeness (QED) is 0.377. The van der Waals surface area contributed by atoms with Gasteiger partial charge in [0.15, 0.2) is 0 Å². The number of rotatable bonds is 7. The molecule has 0 saturated carbocycles. The molecular formula is C23H20FN3O3S. The first-order valence-corrected chi connectivity index (χ1v) is 10.5. The summed E-state index contributed by atoms with van der Waals surface area (Å²) in [6, 6.07) is 13.7. The van der Waals surface area contributed by atoms with Gasteiger partial charge in [-0.1, -0.05) is 12.1 Å². The third-order valence-corrected chi connectivity index (χ3v) is 5.78. The lowest BCUT2D eigenvalue weighted by Gasteiger charge is -2.10. The Morgan fingerprint density at radius 1 is 1.16 bits per heavy atom. The summed E-state index contributed by atoms with van der Waals surface area (Å²) in [5.41, 5.74) is 2.36. The highest BCUT2D eigenvalue weighted by Crippen LogP contribution is 2.35. The van der Waals surface area contributed by atoms with Crippen molar-refractivity contribution in [3.63, 3.8) is 0 Å². The SMILES string of the molecule is CCOC(=O)c1sc2ncnc(Nc3ccc(OCc4cccc(F)c4)cc3)c2c1C. The predicted octanol–water partition coefficient (Wildman–Crippen LogP) is 5.64. The third-order valence-electron chi connectivity index (χ3n) is 4.60. The first kappa shape index (κ1) is 20.7. The molecular weight excluding hydrogens is 417 g/mol. The van der Waals surface area contributed by atoms with Crippen LogP contribution in [-0.4, -0.2) is 22.5 Å². The Balaban J connectivity index is 1.50. The van der Waals surface area contributed by atoms with E-state index in [0.29, 0.717) is 27.9 Å². The molecule has 1 N–H and O–H groups in total. The van der Waals surface area contributed by atoms with Gasteiger partial charge in [0.1, 0.15) is 40.0 Å². The Bertz CT molecular complexity index is 1220. The van der Waals surface area contributed by atoms with Gasteiger partial charge in [0.25, 0.3) is 0 Å². The largest absolute Gasteiger partial charge is 0.489 e. The van der Waals surface area contributed by atoms with E-state index < -0.39 is 0 Å². The Morgan fingerprint density at radius 2 is 1.97 bits per heavy atom. The highest BCUT2D eigenvalue weighted by atomic mass is 32.1. The summed E-state index contributed by atoms with van der Waals surface area (Å²) in [6.07, 6.45) is 1.46. The summed E-state index contributed by atoms with van der Waals surface area (Å²) in [5, 5.41) is 4.07. The highest BCUT2D eigenvalue weighted by molar-refractivity contribution is 7.20. The van der Waals surface area contributed by atoms with Crippen LogP contribution >= 0.6 is 11.3 Å². The molecule has 2 heterocycles. The number of ether oxygens (including phenoxy) is 2. The predicted molar refractivity (Wildman–Crippen MR) is 119 cm³/mol. The number of fused-ring (bicyclic) bond motifs is 1. The fourth-order valence-corrected chi connectivity index (χ4v) is 4.16. The zero-order valence-corrected chi connectivity index (χ0v) is 17.8. The molecule has 0 aliphatic heterocycles. The topological polar surface area (TPSA) is 73.3 Å². The number of nitrogens with one attached hydrogen (secondary N) is 1. The van der Waals surface area contributed by atoms with Gasteiger partial charge in [0.05, 0.1) is 12.0 Å². The van der Waals surface area contributed by atoms with Crippen LogP contribution < -0.4 is 10.1 Å². The molecule has 0 saturated heterocycles. The number of aromatic nitrogens is 2. The van der Waals surface area contributed by atoms with Crippen LogP contribution in [0.15, 0.2) is 54.9 Å². The Kier molecular flexibility index (Phi) is 6.08. The van der Waals surface area contributed by atoms with Crippen LogP contribution in [0.25, 0.3) is 10.2 Å². The summed E-state index contributed by atoms with van der Waals surface area (Å²) in [7, 11) is 0. The lowest BCUT2D eigenvalue weighted by Crippen LogP contribution is -2.03. The molecule has 4 aromatic rings. The van der Waals surface area contributed by atoms with Gasteiger partial charge in [-0.2, -0.15) is 0 Å². The first-order chi connectivity index (χ1) is 15.0. The molecule has 8 heteroatoms. The molecule has 0 radical (unpaired) electrons. The number of aryl methyl sites for hydroxylation is 1. The fraction of sp³-hybridized carbons (Fsp3) is 0.174. The van der Waals surface area contributed by atoms with Crippen molar-refractivity contribution in [3.8, 4) is 5.75 Å². The van der Waals surface area contributed by atoms with E-state index in [2.05, 4.69) is 15.3 Å². The van der Waals surface area contributed by atoms with E-state index in [1.165, 1.54) is 29.8 Å². The Hall–Kier alpha value is -3.52. The van der Waals surface area contributed by atoms with Crippen LogP contribution in [0, 0.1) is 12.7 Å². The maximum Gasteiger partial charge on any atom is 0.348 e. The van der Waals surface area contributed by atoms with E-state index in [1.807, 2.05) is 37.3 Å². The summed E-state index contributed by atoms with van der Waals surface area (Å²) < 4.78 is 24.1. The van der Waals surface area contributed by atoms with Gasteiger partial charge in [-0.25, -0.2) is 19.2 Å². The molecule has 0 amide bonds. The number of carbonyl (C=O) groups is 1. The minimum atomic E-state index is -0.353. The number of hydrogen-bond acceptors (Lipinski definition) is 7. The zero-order chi connectivity index (χ0) is 21.8. The van der Waals surface area contributed by atoms with E-state index in [4.69, 9.17) is 9.47 Å². The van der Waals surface area contributed by atoms with Crippen LogP contribution in [0.5, 0.6) is 5.75 Å². The number of anilines is 2. The lowest BCUT2D eigenvalue weighted by molar-refractivity contribution is 0.0531. The molecule has 0 spiro atoms. The molecule has 6 nitrogen and oxygen atoms in total. The average Bonchev–Trinajstić information content (AvgIpc) is 3.11. The van der Waals surface area contributed by atoms with Crippen LogP contribution in [0.1, 0.15) is 27.7 Å². The van der Waals surface area contributed by atoms with Crippen molar-refractivity contribution in [1.82, 2.24) is 9.97 Å². The molecule has 2 aromatic heterocycles. The number of hydrogen-bond donors (Lipinski definition) is 1. The van der Waals surface area contributed by atoms with Crippen molar-refractivity contribution in [2.24, 2.45) is 0 Å². The summed E-state index contributed by atoms with van der Waals surface area (Å²) >= 11 is 1.29. The molecule has 0 aliphatic rings. The first-order valence-electron chi connectivity index (χ1n) is 9.70. The fourth-order valence-electron chi connectivity index (χ4n) is 3.12. The van der Waals surface area contributed by atoms with Crippen molar-refractivity contribution in [3.05, 3.63) is 76.7 Å². The Labute approximate surface area is 182 Å². The summed E-state index contributed by atoms with van der Waals surface area (Å²) in [5.74, 6) is 0.641. The monoisotopic (exact) mass is 437 g/mol. The maximum absolute atomic E-state index is 13.3. The van der Waals surface area contributed by atoms with Crippen molar-refractivity contribution in [2.75, 3.05) is 11.9 Å². The van der Waals surface area contributed by atoms with E-state index in [0.717, 1.165) is 22.2 Å². The van der Waals surface area contributed by atoms with E-state index in [1.54, 1.807) is 13.0 Å². The number of halogens is 1. The van der Waals surface area contributed by atoms with Crippen LogP contribution in [0.3, 0.4) is 0 Å². The number of carbonyl (C=O) groups excluding carboxylic acids is 1. The molecule has 31 heavy (non-hydrogen) atoms. The van der Waals surface area contributed by atoms with Crippen LogP contribution in [0.4, 0.5) is 15.9 Å². The van der Waals surface area contributed by atoms with Gasteiger partial charge in [0, 0.05) is 5.69 Å². The van der Waals surface area contributed by atoms with Crippen LogP contribution in [0.2, 0.25) is 0 Å². The van der Waals surface area contributed by atoms with Gasteiger partial charge in [-0.05, 0) is 61.4 Å². The van der Waals surface area contributed by atoms with E-state index in [-0.39, 0.29) is 18.4 Å². The minimum Gasteiger partial charge on any atom is -0.489 e. The van der Waals surface area contributed by atoms with E-state index >= 15 is 0 Å².